The van der Waals surface area contributed by atoms with Crippen LogP contribution in [0.25, 0.3) is 0 Å². The van der Waals surface area contributed by atoms with E-state index in [9.17, 15) is 9.59 Å². The smallest absolute Gasteiger partial charge is 0.227 e. The second-order valence-electron chi connectivity index (χ2n) is 7.63. The Labute approximate surface area is 156 Å². The average molecular weight is 358 g/mol. The molecule has 0 N–H and O–H groups in total. The van der Waals surface area contributed by atoms with Crippen LogP contribution in [-0.4, -0.2) is 54.9 Å². The molecular weight excluding hydrogens is 328 g/mol. The Morgan fingerprint density at radius 3 is 2.35 bits per heavy atom. The van der Waals surface area contributed by atoms with Gasteiger partial charge < -0.3 is 14.5 Å². The number of carbonyl (C=O) groups excluding carboxylic acids is 2. The first-order valence-corrected chi connectivity index (χ1v) is 9.74. The lowest BCUT2D eigenvalue weighted by Gasteiger charge is -2.37. The number of rotatable bonds is 4. The molecule has 142 valence electrons. The van der Waals surface area contributed by atoms with Gasteiger partial charge in [-0.15, -0.1) is 0 Å². The van der Waals surface area contributed by atoms with Gasteiger partial charge in [-0.2, -0.15) is 0 Å². The van der Waals surface area contributed by atoms with Crippen molar-refractivity contribution in [1.82, 2.24) is 9.80 Å². The first-order valence-electron chi connectivity index (χ1n) is 9.74. The standard InChI is InChI=1S/C21H30N2O3/c1-16(24)23-11-3-4-19(15-23)21(25)22-12-9-18(10-13-22)14-17-5-7-20(26-2)8-6-17/h5-8,18-19H,3-4,9-15H2,1-2H3/t19-/m0/s1. The van der Waals surface area contributed by atoms with E-state index < -0.39 is 0 Å². The fourth-order valence-electron chi connectivity index (χ4n) is 4.18. The van der Waals surface area contributed by atoms with Crippen LogP contribution in [0.2, 0.25) is 0 Å². The largest absolute Gasteiger partial charge is 0.497 e. The van der Waals surface area contributed by atoms with Crippen LogP contribution in [0.15, 0.2) is 24.3 Å². The molecule has 1 aromatic carbocycles. The summed E-state index contributed by atoms with van der Waals surface area (Å²) < 4.78 is 5.21. The van der Waals surface area contributed by atoms with Gasteiger partial charge in [-0.3, -0.25) is 9.59 Å². The van der Waals surface area contributed by atoms with E-state index >= 15 is 0 Å². The van der Waals surface area contributed by atoms with Crippen LogP contribution in [0.1, 0.15) is 38.2 Å². The number of piperidine rings is 2. The third kappa shape index (κ3) is 4.57. The Morgan fingerprint density at radius 2 is 1.73 bits per heavy atom. The van der Waals surface area contributed by atoms with E-state index in [-0.39, 0.29) is 17.7 Å². The maximum Gasteiger partial charge on any atom is 0.227 e. The minimum atomic E-state index is -0.00853. The molecule has 5 nitrogen and oxygen atoms in total. The third-order valence-corrected chi connectivity index (χ3v) is 5.83. The van der Waals surface area contributed by atoms with Gasteiger partial charge in [-0.25, -0.2) is 0 Å². The molecule has 0 bridgehead atoms. The van der Waals surface area contributed by atoms with Crippen LogP contribution in [0, 0.1) is 11.8 Å². The van der Waals surface area contributed by atoms with Crippen molar-refractivity contribution in [2.75, 3.05) is 33.3 Å². The molecule has 5 heteroatoms. The Bertz CT molecular complexity index is 621. The topological polar surface area (TPSA) is 49.9 Å². The van der Waals surface area contributed by atoms with E-state index in [2.05, 4.69) is 12.1 Å². The minimum Gasteiger partial charge on any atom is -0.497 e. The normalized spacial score (nSPS) is 21.5. The van der Waals surface area contributed by atoms with Crippen molar-refractivity contribution < 1.29 is 14.3 Å². The van der Waals surface area contributed by atoms with Crippen molar-refractivity contribution in [3.63, 3.8) is 0 Å². The SMILES string of the molecule is COc1ccc(CC2CCN(C(=O)[C@H]3CCCN(C(C)=O)C3)CC2)cc1. The average Bonchev–Trinajstić information content (AvgIpc) is 2.68. The molecule has 2 aliphatic rings. The van der Waals surface area contributed by atoms with Gasteiger partial charge in [0.15, 0.2) is 0 Å². The van der Waals surface area contributed by atoms with Gasteiger partial charge >= 0.3 is 0 Å². The molecule has 3 rings (SSSR count). The van der Waals surface area contributed by atoms with E-state index in [4.69, 9.17) is 4.74 Å². The molecule has 0 radical (unpaired) electrons. The van der Waals surface area contributed by atoms with Gasteiger partial charge in [0.1, 0.15) is 5.75 Å². The molecule has 0 aliphatic carbocycles. The molecule has 2 amide bonds. The molecular formula is C21H30N2O3. The lowest BCUT2D eigenvalue weighted by Crippen LogP contribution is -2.48. The zero-order valence-corrected chi connectivity index (χ0v) is 15.9. The number of benzene rings is 1. The van der Waals surface area contributed by atoms with Gasteiger partial charge in [0.25, 0.3) is 0 Å². The predicted molar refractivity (Wildman–Crippen MR) is 101 cm³/mol. The number of ether oxygens (including phenoxy) is 1. The molecule has 0 aromatic heterocycles. The molecule has 26 heavy (non-hydrogen) atoms. The van der Waals surface area contributed by atoms with Crippen LogP contribution in [-0.2, 0) is 16.0 Å². The van der Waals surface area contributed by atoms with Gasteiger partial charge in [0.05, 0.1) is 13.0 Å². The molecule has 1 atom stereocenters. The lowest BCUT2D eigenvalue weighted by molar-refractivity contribution is -0.141. The molecule has 2 heterocycles. The fraction of sp³-hybridized carbons (Fsp3) is 0.619. The number of methoxy groups -OCH3 is 1. The summed E-state index contributed by atoms with van der Waals surface area (Å²) in [5.41, 5.74) is 1.33. The maximum absolute atomic E-state index is 12.8. The van der Waals surface area contributed by atoms with E-state index in [0.717, 1.165) is 57.5 Å². The second kappa shape index (κ2) is 8.56. The van der Waals surface area contributed by atoms with Crippen molar-refractivity contribution in [2.45, 2.75) is 39.0 Å². The summed E-state index contributed by atoms with van der Waals surface area (Å²) in [7, 11) is 1.68. The highest BCUT2D eigenvalue weighted by Gasteiger charge is 2.32. The molecule has 1 aromatic rings. The molecule has 2 saturated heterocycles. The zero-order valence-electron chi connectivity index (χ0n) is 15.9. The van der Waals surface area contributed by atoms with Crippen molar-refractivity contribution in [3.8, 4) is 5.75 Å². The van der Waals surface area contributed by atoms with Gasteiger partial charge in [0.2, 0.25) is 11.8 Å². The summed E-state index contributed by atoms with van der Waals surface area (Å²) in [5, 5.41) is 0. The van der Waals surface area contributed by atoms with Crippen molar-refractivity contribution in [1.29, 1.82) is 0 Å². The second-order valence-corrected chi connectivity index (χ2v) is 7.63. The van der Waals surface area contributed by atoms with Crippen LogP contribution in [0.4, 0.5) is 0 Å². The highest BCUT2D eigenvalue weighted by Crippen LogP contribution is 2.26. The van der Waals surface area contributed by atoms with E-state index in [1.165, 1.54) is 5.56 Å². The number of carbonyl (C=O) groups is 2. The third-order valence-electron chi connectivity index (χ3n) is 5.83. The van der Waals surface area contributed by atoms with Crippen molar-refractivity contribution in [3.05, 3.63) is 29.8 Å². The highest BCUT2D eigenvalue weighted by molar-refractivity contribution is 5.81. The Kier molecular flexibility index (Phi) is 6.17. The van der Waals surface area contributed by atoms with Gasteiger partial charge in [-0.05, 0) is 55.7 Å². The Morgan fingerprint density at radius 1 is 1.04 bits per heavy atom. The molecule has 2 fully saturated rings. The van der Waals surface area contributed by atoms with Crippen LogP contribution >= 0.6 is 0 Å². The zero-order chi connectivity index (χ0) is 18.5. The van der Waals surface area contributed by atoms with Crippen molar-refractivity contribution in [2.24, 2.45) is 11.8 Å². The molecule has 0 saturated carbocycles. The summed E-state index contributed by atoms with van der Waals surface area (Å²) in [5.74, 6) is 1.85. The summed E-state index contributed by atoms with van der Waals surface area (Å²) in [4.78, 5) is 28.3. The number of amides is 2. The quantitative estimate of drug-likeness (QED) is 0.832. The fourth-order valence-corrected chi connectivity index (χ4v) is 4.18. The van der Waals surface area contributed by atoms with Crippen molar-refractivity contribution >= 4 is 11.8 Å². The maximum atomic E-state index is 12.8. The number of hydrogen-bond donors (Lipinski definition) is 0. The number of nitrogens with zero attached hydrogens (tertiary/aromatic N) is 2. The van der Waals surface area contributed by atoms with Crippen LogP contribution in [0.5, 0.6) is 5.75 Å². The van der Waals surface area contributed by atoms with Gasteiger partial charge in [0, 0.05) is 33.1 Å². The summed E-state index contributed by atoms with van der Waals surface area (Å²) >= 11 is 0. The number of hydrogen-bond acceptors (Lipinski definition) is 3. The highest BCUT2D eigenvalue weighted by atomic mass is 16.5. The predicted octanol–water partition coefficient (Wildman–Crippen LogP) is 2.73. The molecule has 0 spiro atoms. The van der Waals surface area contributed by atoms with E-state index in [1.54, 1.807) is 14.0 Å². The monoisotopic (exact) mass is 358 g/mol. The summed E-state index contributed by atoms with van der Waals surface area (Å²) in [6, 6.07) is 8.29. The minimum absolute atomic E-state index is 0.00853. The lowest BCUT2D eigenvalue weighted by atomic mass is 9.89. The molecule has 2 aliphatic heterocycles. The Balaban J connectivity index is 1.48. The first kappa shape index (κ1) is 18.7. The first-order chi connectivity index (χ1) is 12.6. The van der Waals surface area contributed by atoms with Crippen LogP contribution < -0.4 is 4.74 Å². The van der Waals surface area contributed by atoms with Crippen LogP contribution in [0.3, 0.4) is 0 Å². The molecule has 0 unspecified atom stereocenters. The van der Waals surface area contributed by atoms with Gasteiger partial charge in [-0.1, -0.05) is 12.1 Å². The summed E-state index contributed by atoms with van der Waals surface area (Å²) in [6.07, 6.45) is 5.02. The number of likely N-dealkylation sites (tertiary alicyclic amines) is 2. The van der Waals surface area contributed by atoms with E-state index in [1.807, 2.05) is 21.9 Å². The summed E-state index contributed by atoms with van der Waals surface area (Å²) in [6.45, 7) is 4.67. The van der Waals surface area contributed by atoms with E-state index in [0.29, 0.717) is 12.5 Å². The Hall–Kier alpha value is -2.04.